The van der Waals surface area contributed by atoms with Crippen molar-refractivity contribution < 1.29 is 14.3 Å². The fourth-order valence-electron chi connectivity index (χ4n) is 4.96. The molecule has 0 saturated carbocycles. The Bertz CT molecular complexity index is 981. The van der Waals surface area contributed by atoms with Gasteiger partial charge in [0.15, 0.2) is 0 Å². The number of likely N-dealkylation sites (tertiary alicyclic amines) is 1. The summed E-state index contributed by atoms with van der Waals surface area (Å²) in [7, 11) is 0. The Labute approximate surface area is 209 Å². The fraction of sp³-hybridized carbons (Fsp3) is 0.517. The number of aryl methyl sites for hydroxylation is 1. The third-order valence-electron chi connectivity index (χ3n) is 7.01. The predicted octanol–water partition coefficient (Wildman–Crippen LogP) is 4.68. The highest BCUT2D eigenvalue weighted by Gasteiger charge is 2.33. The van der Waals surface area contributed by atoms with Crippen molar-refractivity contribution in [3.05, 3.63) is 59.7 Å². The molecule has 0 atom stereocenters. The van der Waals surface area contributed by atoms with Gasteiger partial charge in [0.25, 0.3) is 5.91 Å². The van der Waals surface area contributed by atoms with E-state index in [1.807, 2.05) is 46.2 Å². The number of rotatable bonds is 10. The molecule has 188 valence electrons. The van der Waals surface area contributed by atoms with Gasteiger partial charge in [-0.2, -0.15) is 0 Å². The standard InChI is InChI=1S/C29H39N3O3/c1-22(2)14-18-30-17-5-21-35-26-11-8-24(9-12-26)29(34)31-19-15-25(16-20-31)32-27-7-4-3-6-23(27)10-13-28(32)33/h3-4,6-9,11-12,22,25,30H,5,10,13-21H2,1-2H3. The first-order chi connectivity index (χ1) is 17.0. The van der Waals surface area contributed by atoms with E-state index in [-0.39, 0.29) is 17.9 Å². The number of hydrogen-bond acceptors (Lipinski definition) is 4. The lowest BCUT2D eigenvalue weighted by molar-refractivity contribution is -0.119. The highest BCUT2D eigenvalue weighted by Crippen LogP contribution is 2.32. The largest absolute Gasteiger partial charge is 0.494 e. The number of nitrogens with one attached hydrogen (secondary N) is 1. The zero-order valence-electron chi connectivity index (χ0n) is 21.2. The lowest BCUT2D eigenvalue weighted by Crippen LogP contribution is -2.50. The van der Waals surface area contributed by atoms with E-state index < -0.39 is 0 Å². The molecular weight excluding hydrogens is 438 g/mol. The maximum atomic E-state index is 13.1. The lowest BCUT2D eigenvalue weighted by atomic mass is 9.95. The second kappa shape index (κ2) is 12.2. The number of carbonyl (C=O) groups excluding carboxylic acids is 2. The van der Waals surface area contributed by atoms with Crippen LogP contribution >= 0.6 is 0 Å². The number of carbonyl (C=O) groups is 2. The number of para-hydroxylation sites is 1. The monoisotopic (exact) mass is 477 g/mol. The van der Waals surface area contributed by atoms with Crippen LogP contribution in [0.5, 0.6) is 5.75 Å². The van der Waals surface area contributed by atoms with Crippen LogP contribution in [0.3, 0.4) is 0 Å². The van der Waals surface area contributed by atoms with Gasteiger partial charge in [0.1, 0.15) is 5.75 Å². The van der Waals surface area contributed by atoms with Gasteiger partial charge in [0, 0.05) is 36.8 Å². The summed E-state index contributed by atoms with van der Waals surface area (Å²) in [5.41, 5.74) is 2.98. The van der Waals surface area contributed by atoms with E-state index in [1.54, 1.807) is 0 Å². The average molecular weight is 478 g/mol. The number of hydrogen-bond donors (Lipinski definition) is 1. The van der Waals surface area contributed by atoms with Gasteiger partial charge < -0.3 is 19.9 Å². The van der Waals surface area contributed by atoms with Gasteiger partial charge in [-0.05, 0) is 87.0 Å². The predicted molar refractivity (Wildman–Crippen MR) is 140 cm³/mol. The van der Waals surface area contributed by atoms with Gasteiger partial charge >= 0.3 is 0 Å². The van der Waals surface area contributed by atoms with Crippen LogP contribution in [-0.2, 0) is 11.2 Å². The molecule has 0 aromatic heterocycles. The Balaban J connectivity index is 1.23. The van der Waals surface area contributed by atoms with Crippen LogP contribution in [0.25, 0.3) is 0 Å². The van der Waals surface area contributed by atoms with E-state index in [9.17, 15) is 9.59 Å². The van der Waals surface area contributed by atoms with Crippen LogP contribution < -0.4 is 15.0 Å². The van der Waals surface area contributed by atoms with E-state index in [0.29, 0.717) is 31.7 Å². The molecule has 2 aromatic carbocycles. The molecule has 1 N–H and O–H groups in total. The third-order valence-corrected chi connectivity index (χ3v) is 7.01. The number of benzene rings is 2. The van der Waals surface area contributed by atoms with Crippen molar-refractivity contribution in [2.45, 2.75) is 58.4 Å². The molecule has 35 heavy (non-hydrogen) atoms. The van der Waals surface area contributed by atoms with Crippen LogP contribution in [0.2, 0.25) is 0 Å². The Morgan fingerprint density at radius 1 is 1.03 bits per heavy atom. The highest BCUT2D eigenvalue weighted by molar-refractivity contribution is 5.97. The second-order valence-electron chi connectivity index (χ2n) is 10.1. The molecule has 4 rings (SSSR count). The average Bonchev–Trinajstić information content (AvgIpc) is 2.88. The molecule has 0 aliphatic carbocycles. The fourth-order valence-corrected chi connectivity index (χ4v) is 4.96. The highest BCUT2D eigenvalue weighted by atomic mass is 16.5. The number of fused-ring (bicyclic) bond motifs is 1. The smallest absolute Gasteiger partial charge is 0.253 e. The summed E-state index contributed by atoms with van der Waals surface area (Å²) >= 11 is 0. The first-order valence-electron chi connectivity index (χ1n) is 13.2. The maximum absolute atomic E-state index is 13.1. The van der Waals surface area contributed by atoms with Crippen LogP contribution in [-0.4, -0.2) is 55.5 Å². The molecule has 0 radical (unpaired) electrons. The minimum absolute atomic E-state index is 0.0507. The molecule has 0 bridgehead atoms. The molecule has 1 saturated heterocycles. The molecule has 2 aliphatic rings. The van der Waals surface area contributed by atoms with Crippen LogP contribution in [0.1, 0.15) is 61.9 Å². The van der Waals surface area contributed by atoms with E-state index in [2.05, 4.69) is 31.3 Å². The van der Waals surface area contributed by atoms with Gasteiger partial charge in [-0.3, -0.25) is 9.59 Å². The number of ether oxygens (including phenoxy) is 1. The van der Waals surface area contributed by atoms with Crippen LogP contribution in [0.15, 0.2) is 48.5 Å². The number of anilines is 1. The van der Waals surface area contributed by atoms with Crippen molar-refractivity contribution in [3.8, 4) is 5.75 Å². The molecule has 1 fully saturated rings. The summed E-state index contributed by atoms with van der Waals surface area (Å²) in [6.45, 7) is 8.46. The number of piperidine rings is 1. The summed E-state index contributed by atoms with van der Waals surface area (Å²) in [6.07, 6.45) is 5.14. The van der Waals surface area contributed by atoms with Crippen LogP contribution in [0.4, 0.5) is 5.69 Å². The zero-order chi connectivity index (χ0) is 24.6. The van der Waals surface area contributed by atoms with Crippen molar-refractivity contribution in [1.29, 1.82) is 0 Å². The normalized spacial score (nSPS) is 16.5. The molecule has 2 aliphatic heterocycles. The van der Waals surface area contributed by atoms with E-state index in [0.717, 1.165) is 56.1 Å². The molecular formula is C29H39N3O3. The van der Waals surface area contributed by atoms with Gasteiger partial charge in [-0.25, -0.2) is 0 Å². The summed E-state index contributed by atoms with van der Waals surface area (Å²) < 4.78 is 5.83. The SMILES string of the molecule is CC(C)CCNCCCOc1ccc(C(=O)N2CCC(N3C(=O)CCc4ccccc43)CC2)cc1. The molecule has 0 unspecified atom stereocenters. The van der Waals surface area contributed by atoms with Crippen molar-refractivity contribution in [2.24, 2.45) is 5.92 Å². The summed E-state index contributed by atoms with van der Waals surface area (Å²) in [6, 6.07) is 15.8. The van der Waals surface area contributed by atoms with Gasteiger partial charge in [0.05, 0.1) is 6.61 Å². The number of amides is 2. The van der Waals surface area contributed by atoms with Crippen molar-refractivity contribution in [2.75, 3.05) is 37.7 Å². The lowest BCUT2D eigenvalue weighted by Gasteiger charge is -2.41. The first kappa shape index (κ1) is 25.2. The van der Waals surface area contributed by atoms with Crippen LogP contribution in [0, 0.1) is 5.92 Å². The van der Waals surface area contributed by atoms with Crippen molar-refractivity contribution in [1.82, 2.24) is 10.2 Å². The summed E-state index contributed by atoms with van der Waals surface area (Å²) in [4.78, 5) is 29.7. The molecule has 2 amide bonds. The zero-order valence-corrected chi connectivity index (χ0v) is 21.2. The van der Waals surface area contributed by atoms with Gasteiger partial charge in [-0.15, -0.1) is 0 Å². The summed E-state index contributed by atoms with van der Waals surface area (Å²) in [5, 5.41) is 3.44. The first-order valence-corrected chi connectivity index (χ1v) is 13.2. The van der Waals surface area contributed by atoms with E-state index in [1.165, 1.54) is 12.0 Å². The third kappa shape index (κ3) is 6.63. The minimum Gasteiger partial charge on any atom is -0.494 e. The quantitative estimate of drug-likeness (QED) is 0.505. The Kier molecular flexibility index (Phi) is 8.80. The molecule has 6 nitrogen and oxygen atoms in total. The van der Waals surface area contributed by atoms with E-state index >= 15 is 0 Å². The van der Waals surface area contributed by atoms with Crippen molar-refractivity contribution in [3.63, 3.8) is 0 Å². The Morgan fingerprint density at radius 3 is 2.51 bits per heavy atom. The maximum Gasteiger partial charge on any atom is 0.253 e. The Morgan fingerprint density at radius 2 is 1.77 bits per heavy atom. The van der Waals surface area contributed by atoms with E-state index in [4.69, 9.17) is 4.74 Å². The molecule has 6 heteroatoms. The molecule has 0 spiro atoms. The minimum atomic E-state index is 0.0507. The topological polar surface area (TPSA) is 61.9 Å². The Hall–Kier alpha value is -2.86. The van der Waals surface area contributed by atoms with Gasteiger partial charge in [0.2, 0.25) is 5.91 Å². The molecule has 2 heterocycles. The molecule has 2 aromatic rings. The van der Waals surface area contributed by atoms with Gasteiger partial charge in [-0.1, -0.05) is 32.0 Å². The number of nitrogens with zero attached hydrogens (tertiary/aromatic N) is 2. The second-order valence-corrected chi connectivity index (χ2v) is 10.1. The summed E-state index contributed by atoms with van der Waals surface area (Å²) in [5.74, 6) is 1.78. The van der Waals surface area contributed by atoms with Crippen molar-refractivity contribution >= 4 is 17.5 Å².